The number of esters is 2. The van der Waals surface area contributed by atoms with Crippen molar-refractivity contribution in [3.8, 4) is 0 Å². The molecule has 1 N–H and O–H groups in total. The molecule has 0 spiro atoms. The second-order valence-corrected chi connectivity index (χ2v) is 17.0. The van der Waals surface area contributed by atoms with E-state index in [1.807, 2.05) is 27.2 Å². The lowest BCUT2D eigenvalue weighted by atomic mass is 10.0. The smallest absolute Gasteiger partial charge is 0.362 e. The number of carbonyl (C=O) groups excluding carboxylic acids is 2. The van der Waals surface area contributed by atoms with Gasteiger partial charge in [-0.15, -0.1) is 0 Å². The predicted octanol–water partition coefficient (Wildman–Crippen LogP) is 12.9. The van der Waals surface area contributed by atoms with Crippen molar-refractivity contribution in [2.45, 2.75) is 225 Å². The van der Waals surface area contributed by atoms with Crippen molar-refractivity contribution in [3.05, 3.63) is 24.3 Å². The summed E-state index contributed by atoms with van der Waals surface area (Å²) in [6.07, 6.45) is 43.8. The Bertz CT molecular complexity index is 973. The zero-order valence-corrected chi connectivity index (χ0v) is 37.3. The summed E-state index contributed by atoms with van der Waals surface area (Å²) in [6, 6.07) is -0.620. The van der Waals surface area contributed by atoms with Gasteiger partial charge in [0.25, 0.3) is 0 Å². The van der Waals surface area contributed by atoms with E-state index in [0.29, 0.717) is 19.3 Å². The van der Waals surface area contributed by atoms with Gasteiger partial charge in [-0.1, -0.05) is 186 Å². The van der Waals surface area contributed by atoms with E-state index in [4.69, 9.17) is 14.2 Å². The molecule has 0 saturated heterocycles. The van der Waals surface area contributed by atoms with Crippen LogP contribution in [0.2, 0.25) is 0 Å². The van der Waals surface area contributed by atoms with Gasteiger partial charge in [0, 0.05) is 19.3 Å². The molecule has 0 aliphatic carbocycles. The molecule has 8 nitrogen and oxygen atoms in total. The first kappa shape index (κ1) is 53.8. The third-order valence-corrected chi connectivity index (χ3v) is 10.6. The van der Waals surface area contributed by atoms with E-state index in [2.05, 4.69) is 32.1 Å². The second kappa shape index (κ2) is 39.6. The van der Waals surface area contributed by atoms with E-state index in [9.17, 15) is 19.5 Å². The maximum atomic E-state index is 12.7. The number of hydrogen-bond donors (Lipinski definition) is 1. The van der Waals surface area contributed by atoms with E-state index in [0.717, 1.165) is 32.1 Å². The molecule has 0 rings (SSSR count). The molecule has 56 heavy (non-hydrogen) atoms. The molecule has 0 aromatic heterocycles. The first-order valence-electron chi connectivity index (χ1n) is 23.4. The number of carboxylic acid groups (broad SMARTS) is 1. The van der Waals surface area contributed by atoms with Crippen LogP contribution in [0.25, 0.3) is 0 Å². The zero-order valence-electron chi connectivity index (χ0n) is 37.3. The third kappa shape index (κ3) is 37.4. The average molecular weight is 793 g/mol. The highest BCUT2D eigenvalue weighted by molar-refractivity contribution is 5.72. The number of carboxylic acids is 1. The van der Waals surface area contributed by atoms with Crippen LogP contribution in [0.15, 0.2) is 24.3 Å². The molecular weight excluding hydrogens is 703 g/mol. The Kier molecular flexibility index (Phi) is 38.1. The topological polar surface area (TPSA) is 99.1 Å². The Hall–Kier alpha value is -2.19. The van der Waals surface area contributed by atoms with Crippen molar-refractivity contribution >= 4 is 17.9 Å². The van der Waals surface area contributed by atoms with E-state index in [1.54, 1.807) is 0 Å². The largest absolute Gasteiger partial charge is 0.477 e. The Balaban J connectivity index is 4.29. The van der Waals surface area contributed by atoms with Gasteiger partial charge in [0.2, 0.25) is 0 Å². The summed E-state index contributed by atoms with van der Waals surface area (Å²) in [4.78, 5) is 36.9. The summed E-state index contributed by atoms with van der Waals surface area (Å²) < 4.78 is 17.2. The Labute approximate surface area is 345 Å². The second-order valence-electron chi connectivity index (χ2n) is 17.0. The summed E-state index contributed by atoms with van der Waals surface area (Å²) in [5.74, 6) is -1.54. The average Bonchev–Trinajstić information content (AvgIpc) is 3.15. The summed E-state index contributed by atoms with van der Waals surface area (Å²) in [5.41, 5.74) is 0. The molecule has 0 saturated carbocycles. The number of unbranched alkanes of at least 4 members (excludes halogenated alkanes) is 24. The van der Waals surface area contributed by atoms with Gasteiger partial charge >= 0.3 is 17.9 Å². The van der Waals surface area contributed by atoms with Crippen LogP contribution in [0.5, 0.6) is 0 Å². The molecule has 2 atom stereocenters. The minimum atomic E-state index is -0.880. The van der Waals surface area contributed by atoms with Crippen molar-refractivity contribution in [1.29, 1.82) is 0 Å². The minimum absolute atomic E-state index is 0.0427. The number of aliphatic carboxylic acids is 1. The van der Waals surface area contributed by atoms with Gasteiger partial charge in [-0.3, -0.25) is 9.59 Å². The molecule has 0 aliphatic rings. The van der Waals surface area contributed by atoms with Gasteiger partial charge in [-0.05, 0) is 32.1 Å². The van der Waals surface area contributed by atoms with Crippen LogP contribution in [0.4, 0.5) is 0 Å². The highest BCUT2D eigenvalue weighted by atomic mass is 16.6. The predicted molar refractivity (Wildman–Crippen MR) is 234 cm³/mol. The lowest BCUT2D eigenvalue weighted by molar-refractivity contribution is -0.887. The molecule has 0 heterocycles. The normalized spacial score (nSPS) is 13.1. The van der Waals surface area contributed by atoms with Crippen molar-refractivity contribution < 1.29 is 38.2 Å². The van der Waals surface area contributed by atoms with Crippen molar-refractivity contribution in [3.63, 3.8) is 0 Å². The van der Waals surface area contributed by atoms with Gasteiger partial charge in [0.1, 0.15) is 6.61 Å². The quantitative estimate of drug-likeness (QED) is 0.0284. The highest BCUT2D eigenvalue weighted by Crippen LogP contribution is 2.16. The molecule has 328 valence electrons. The third-order valence-electron chi connectivity index (χ3n) is 10.6. The number of quaternary nitrogens is 1. The monoisotopic (exact) mass is 793 g/mol. The SMILES string of the molecule is CCCCCCCC/C=C/C/C=C/CCC(=O)OC(COCCC(C(=O)O)[N+](C)(C)C)COC(=O)CCCCCCCCCCCCCCCCCCCCC. The van der Waals surface area contributed by atoms with Crippen LogP contribution in [0, 0.1) is 0 Å². The van der Waals surface area contributed by atoms with Crippen LogP contribution in [0.3, 0.4) is 0 Å². The Morgan fingerprint density at radius 3 is 1.45 bits per heavy atom. The fourth-order valence-electron chi connectivity index (χ4n) is 6.97. The summed E-state index contributed by atoms with van der Waals surface area (Å²) in [5, 5.41) is 9.62. The molecule has 0 aromatic carbocycles. The molecule has 0 aliphatic heterocycles. The first-order chi connectivity index (χ1) is 27.1. The molecule has 0 fully saturated rings. The molecule has 0 aromatic rings. The van der Waals surface area contributed by atoms with Crippen LogP contribution < -0.4 is 0 Å². The van der Waals surface area contributed by atoms with Gasteiger partial charge in [0.15, 0.2) is 12.1 Å². The Morgan fingerprint density at radius 1 is 0.536 bits per heavy atom. The number of hydrogen-bond acceptors (Lipinski definition) is 6. The molecule has 8 heteroatoms. The number of nitrogens with zero attached hydrogens (tertiary/aromatic N) is 1. The molecular formula is C48H90NO7+. The maximum Gasteiger partial charge on any atom is 0.362 e. The summed E-state index contributed by atoms with van der Waals surface area (Å²) >= 11 is 0. The number of carbonyl (C=O) groups is 3. The van der Waals surface area contributed by atoms with Crippen LogP contribution in [-0.2, 0) is 28.6 Å². The van der Waals surface area contributed by atoms with E-state index in [1.165, 1.54) is 141 Å². The number of rotatable bonds is 42. The van der Waals surface area contributed by atoms with Crippen molar-refractivity contribution in [1.82, 2.24) is 0 Å². The first-order valence-corrected chi connectivity index (χ1v) is 23.4. The summed E-state index contributed by atoms with van der Waals surface area (Å²) in [7, 11) is 5.52. The van der Waals surface area contributed by atoms with E-state index >= 15 is 0 Å². The van der Waals surface area contributed by atoms with Crippen molar-refractivity contribution in [2.75, 3.05) is 41.0 Å². The van der Waals surface area contributed by atoms with Gasteiger partial charge in [-0.25, -0.2) is 4.79 Å². The maximum absolute atomic E-state index is 12.7. The highest BCUT2D eigenvalue weighted by Gasteiger charge is 2.31. The van der Waals surface area contributed by atoms with Crippen LogP contribution >= 0.6 is 0 Å². The van der Waals surface area contributed by atoms with Gasteiger partial charge < -0.3 is 23.8 Å². The van der Waals surface area contributed by atoms with Gasteiger partial charge in [0.05, 0.1) is 34.4 Å². The molecule has 2 unspecified atom stereocenters. The fourth-order valence-corrected chi connectivity index (χ4v) is 6.97. The molecule has 0 amide bonds. The van der Waals surface area contributed by atoms with Crippen LogP contribution in [-0.4, -0.2) is 80.6 Å². The molecule has 0 radical (unpaired) electrons. The number of allylic oxidation sites excluding steroid dienone is 4. The number of ether oxygens (including phenoxy) is 3. The molecule has 0 bridgehead atoms. The van der Waals surface area contributed by atoms with Crippen molar-refractivity contribution in [2.24, 2.45) is 0 Å². The number of likely N-dealkylation sites (N-methyl/N-ethyl adjacent to an activating group) is 1. The van der Waals surface area contributed by atoms with Gasteiger partial charge in [-0.2, -0.15) is 0 Å². The van der Waals surface area contributed by atoms with E-state index < -0.39 is 18.1 Å². The van der Waals surface area contributed by atoms with Crippen LogP contribution in [0.1, 0.15) is 213 Å². The van der Waals surface area contributed by atoms with E-state index in [-0.39, 0.29) is 42.7 Å². The fraction of sp³-hybridized carbons (Fsp3) is 0.854. The lowest BCUT2D eigenvalue weighted by Gasteiger charge is -2.31. The summed E-state index contributed by atoms with van der Waals surface area (Å²) in [6.45, 7) is 4.69. The lowest BCUT2D eigenvalue weighted by Crippen LogP contribution is -2.50. The zero-order chi connectivity index (χ0) is 41.4. The standard InChI is InChI=1S/C48H89NO7/c1-6-8-10-12-14-16-18-20-21-22-23-24-25-27-28-30-32-34-36-38-46(50)55-43-44(42-54-41-40-45(48(52)53)49(3,4)5)56-47(51)39-37-35-33-31-29-26-19-17-15-13-11-9-7-2/h26,29,33,35,44-45H,6-25,27-28,30-32,34,36-43H2,1-5H3/p+1/b29-26+,35-33+. The Morgan fingerprint density at radius 2 is 0.982 bits per heavy atom. The minimum Gasteiger partial charge on any atom is -0.477 e.